The van der Waals surface area contributed by atoms with E-state index < -0.39 is 0 Å². The summed E-state index contributed by atoms with van der Waals surface area (Å²) >= 11 is 0. The van der Waals surface area contributed by atoms with Gasteiger partial charge in [0, 0.05) is 27.7 Å². The summed E-state index contributed by atoms with van der Waals surface area (Å²) in [6.07, 6.45) is 0. The molecule has 0 aliphatic heterocycles. The van der Waals surface area contributed by atoms with Crippen molar-refractivity contribution in [3.63, 3.8) is 0 Å². The van der Waals surface area contributed by atoms with Gasteiger partial charge in [-0.05, 0) is 70.8 Å². The van der Waals surface area contributed by atoms with Crippen LogP contribution in [-0.2, 0) is 0 Å². The summed E-state index contributed by atoms with van der Waals surface area (Å²) < 4.78 is 13.2. The average molecular weight is 605 g/mol. The van der Waals surface area contributed by atoms with E-state index in [1.807, 2.05) is 60.7 Å². The molecule has 0 spiro atoms. The van der Waals surface area contributed by atoms with Gasteiger partial charge >= 0.3 is 0 Å². The molecule has 0 saturated heterocycles. The maximum Gasteiger partial charge on any atom is 0.227 e. The van der Waals surface area contributed by atoms with Crippen molar-refractivity contribution < 1.29 is 8.83 Å². The first-order valence-corrected chi connectivity index (χ1v) is 15.7. The summed E-state index contributed by atoms with van der Waals surface area (Å²) in [6.45, 7) is 0. The molecule has 9 aromatic rings. The Morgan fingerprint density at radius 3 is 1.72 bits per heavy atom. The Hall–Kier alpha value is -6.39. The molecule has 0 unspecified atom stereocenters. The predicted molar refractivity (Wildman–Crippen MR) is 192 cm³/mol. The van der Waals surface area contributed by atoms with Gasteiger partial charge in [0.25, 0.3) is 0 Å². The minimum absolute atomic E-state index is 0.566. The van der Waals surface area contributed by atoms with Crippen LogP contribution in [0.5, 0.6) is 0 Å². The number of hydrogen-bond acceptors (Lipinski definition) is 4. The van der Waals surface area contributed by atoms with E-state index in [0.717, 1.165) is 66.8 Å². The highest BCUT2D eigenvalue weighted by molar-refractivity contribution is 6.17. The van der Waals surface area contributed by atoms with Gasteiger partial charge in [0.15, 0.2) is 11.2 Å². The van der Waals surface area contributed by atoms with Crippen molar-refractivity contribution in [2.45, 2.75) is 0 Å². The topological polar surface area (TPSA) is 42.4 Å². The van der Waals surface area contributed by atoms with Crippen molar-refractivity contribution in [3.8, 4) is 33.7 Å². The molecule has 0 aliphatic carbocycles. The number of oxazole rings is 1. The Bertz CT molecular complexity index is 2500. The molecule has 0 N–H and O–H groups in total. The summed E-state index contributed by atoms with van der Waals surface area (Å²) in [5, 5.41) is 2.00. The van der Waals surface area contributed by atoms with Gasteiger partial charge in [-0.25, -0.2) is 4.98 Å². The smallest absolute Gasteiger partial charge is 0.227 e. The minimum Gasteiger partial charge on any atom is -0.454 e. The van der Waals surface area contributed by atoms with Gasteiger partial charge in [-0.15, -0.1) is 0 Å². The van der Waals surface area contributed by atoms with E-state index in [9.17, 15) is 0 Å². The Morgan fingerprint density at radius 1 is 0.404 bits per heavy atom. The lowest BCUT2D eigenvalue weighted by molar-refractivity contribution is 0.620. The lowest BCUT2D eigenvalue weighted by Gasteiger charge is -2.26. The molecule has 47 heavy (non-hydrogen) atoms. The molecule has 0 aliphatic rings. The van der Waals surface area contributed by atoms with Crippen molar-refractivity contribution in [2.24, 2.45) is 0 Å². The fourth-order valence-electron chi connectivity index (χ4n) is 6.43. The van der Waals surface area contributed by atoms with Gasteiger partial charge in [0.2, 0.25) is 5.89 Å². The fourth-order valence-corrected chi connectivity index (χ4v) is 6.43. The van der Waals surface area contributed by atoms with E-state index in [1.165, 1.54) is 5.56 Å². The third-order valence-electron chi connectivity index (χ3n) is 8.69. The van der Waals surface area contributed by atoms with Crippen molar-refractivity contribution in [1.29, 1.82) is 0 Å². The zero-order chi connectivity index (χ0) is 31.2. The van der Waals surface area contributed by atoms with E-state index in [2.05, 4.69) is 114 Å². The second-order valence-corrected chi connectivity index (χ2v) is 11.6. The Morgan fingerprint density at radius 2 is 1.00 bits per heavy atom. The van der Waals surface area contributed by atoms with Crippen LogP contribution in [0.2, 0.25) is 0 Å². The molecule has 2 aromatic heterocycles. The highest BCUT2D eigenvalue weighted by atomic mass is 16.4. The number of nitrogens with zero attached hydrogens (tertiary/aromatic N) is 2. The highest BCUT2D eigenvalue weighted by Gasteiger charge is 2.26. The van der Waals surface area contributed by atoms with Crippen LogP contribution >= 0.6 is 0 Å². The Labute approximate surface area is 271 Å². The summed E-state index contributed by atoms with van der Waals surface area (Å²) in [4.78, 5) is 7.41. The molecular formula is C43H28N2O2. The zero-order valence-corrected chi connectivity index (χ0v) is 25.4. The van der Waals surface area contributed by atoms with E-state index in [0.29, 0.717) is 11.5 Å². The van der Waals surface area contributed by atoms with Crippen LogP contribution in [0.3, 0.4) is 0 Å². The number of fused-ring (bicyclic) bond motifs is 4. The summed E-state index contributed by atoms with van der Waals surface area (Å²) in [5.74, 6) is 0.566. The quantitative estimate of drug-likeness (QED) is 0.189. The van der Waals surface area contributed by atoms with E-state index in [4.69, 9.17) is 13.8 Å². The second kappa shape index (κ2) is 11.2. The molecule has 4 nitrogen and oxygen atoms in total. The summed E-state index contributed by atoms with van der Waals surface area (Å²) in [6, 6.07) is 58.5. The second-order valence-electron chi connectivity index (χ2n) is 11.6. The molecule has 0 radical (unpaired) electrons. The molecule has 7 aromatic carbocycles. The molecular weight excluding hydrogens is 576 g/mol. The number of anilines is 3. The first-order valence-electron chi connectivity index (χ1n) is 15.7. The molecule has 222 valence electrons. The largest absolute Gasteiger partial charge is 0.454 e. The number of hydrogen-bond donors (Lipinski definition) is 0. The Kier molecular flexibility index (Phi) is 6.43. The first-order chi connectivity index (χ1) is 23.3. The normalized spacial score (nSPS) is 11.4. The lowest BCUT2D eigenvalue weighted by Crippen LogP contribution is -2.11. The number of furan rings is 1. The lowest BCUT2D eigenvalue weighted by atomic mass is 10.0. The van der Waals surface area contributed by atoms with Gasteiger partial charge in [0.05, 0.1) is 0 Å². The first kappa shape index (κ1) is 27.0. The van der Waals surface area contributed by atoms with Gasteiger partial charge in [-0.2, -0.15) is 0 Å². The van der Waals surface area contributed by atoms with E-state index >= 15 is 0 Å². The number of rotatable bonds is 6. The molecule has 0 saturated carbocycles. The predicted octanol–water partition coefficient (Wildman–Crippen LogP) is 12.2. The van der Waals surface area contributed by atoms with Crippen LogP contribution in [0.15, 0.2) is 179 Å². The van der Waals surface area contributed by atoms with Crippen molar-refractivity contribution in [3.05, 3.63) is 170 Å². The van der Waals surface area contributed by atoms with Gasteiger partial charge in [0.1, 0.15) is 16.8 Å². The SMILES string of the molecule is c1ccc(-c2ccc(N(c3cccc(-c4ccccc4)c3)c3c4nc(-c5ccccc5)oc4cc4c3oc3ccccc34)cc2)cc1. The highest BCUT2D eigenvalue weighted by Crippen LogP contribution is 2.47. The molecule has 0 atom stereocenters. The fraction of sp³-hybridized carbons (Fsp3) is 0. The third kappa shape index (κ3) is 4.75. The number of para-hydroxylation sites is 1. The number of aromatic nitrogens is 1. The molecule has 0 amide bonds. The van der Waals surface area contributed by atoms with Gasteiger partial charge in [-0.3, -0.25) is 0 Å². The van der Waals surface area contributed by atoms with Crippen LogP contribution in [0.25, 0.3) is 66.7 Å². The molecule has 4 heteroatoms. The van der Waals surface area contributed by atoms with Crippen LogP contribution in [-0.4, -0.2) is 4.98 Å². The molecule has 9 rings (SSSR count). The maximum atomic E-state index is 6.72. The van der Waals surface area contributed by atoms with Gasteiger partial charge in [-0.1, -0.05) is 121 Å². The molecule has 0 fully saturated rings. The standard InChI is InChI=1S/C43H28N2O2/c1-4-13-29(14-5-1)31-23-25-34(26-24-31)45(35-20-12-19-33(27-35)30-15-6-2-7-16-30)41-40-39(47-43(44-40)32-17-8-3-9-18-32)28-37-36-21-10-11-22-38(36)46-42(37)41/h1-28H. The molecule has 2 heterocycles. The van der Waals surface area contributed by atoms with Crippen LogP contribution in [0.4, 0.5) is 17.1 Å². The van der Waals surface area contributed by atoms with E-state index in [-0.39, 0.29) is 0 Å². The monoisotopic (exact) mass is 604 g/mol. The van der Waals surface area contributed by atoms with Crippen molar-refractivity contribution >= 4 is 50.1 Å². The summed E-state index contributed by atoms with van der Waals surface area (Å²) in [7, 11) is 0. The van der Waals surface area contributed by atoms with Gasteiger partial charge < -0.3 is 13.7 Å². The third-order valence-corrected chi connectivity index (χ3v) is 8.69. The summed E-state index contributed by atoms with van der Waals surface area (Å²) in [5.41, 5.74) is 11.3. The maximum absolute atomic E-state index is 6.72. The number of benzene rings is 7. The minimum atomic E-state index is 0.566. The van der Waals surface area contributed by atoms with E-state index in [1.54, 1.807) is 0 Å². The van der Waals surface area contributed by atoms with Crippen LogP contribution in [0.1, 0.15) is 0 Å². The van der Waals surface area contributed by atoms with Crippen LogP contribution in [0, 0.1) is 0 Å². The Balaban J connectivity index is 1.34. The zero-order valence-electron chi connectivity index (χ0n) is 25.4. The average Bonchev–Trinajstić information content (AvgIpc) is 3.75. The molecule has 0 bridgehead atoms. The van der Waals surface area contributed by atoms with Crippen LogP contribution < -0.4 is 4.90 Å². The van der Waals surface area contributed by atoms with Crippen molar-refractivity contribution in [1.82, 2.24) is 4.98 Å². The van der Waals surface area contributed by atoms with Crippen molar-refractivity contribution in [2.75, 3.05) is 4.90 Å².